The van der Waals surface area contributed by atoms with Gasteiger partial charge in [-0.15, -0.1) is 11.3 Å². The Labute approximate surface area is 180 Å². The Morgan fingerprint density at radius 2 is 1.67 bits per heavy atom. The molecule has 9 heteroatoms. The highest BCUT2D eigenvalue weighted by molar-refractivity contribution is 7.93. The molecular formula is C21H28F2N2O3S2. The van der Waals surface area contributed by atoms with E-state index in [0.29, 0.717) is 28.0 Å². The third-order valence-electron chi connectivity index (χ3n) is 4.64. The molecule has 1 amide bonds. The van der Waals surface area contributed by atoms with Crippen LogP contribution in [0.25, 0.3) is 0 Å². The van der Waals surface area contributed by atoms with Crippen LogP contribution in [0.2, 0.25) is 0 Å². The minimum Gasteiger partial charge on any atom is -0.385 e. The van der Waals surface area contributed by atoms with Gasteiger partial charge >= 0.3 is 0 Å². The Morgan fingerprint density at radius 3 is 2.07 bits per heavy atom. The van der Waals surface area contributed by atoms with Crippen LogP contribution in [0.1, 0.15) is 74.9 Å². The van der Waals surface area contributed by atoms with Gasteiger partial charge in [0.05, 0.1) is 12.0 Å². The van der Waals surface area contributed by atoms with Crippen molar-refractivity contribution in [3.05, 3.63) is 51.4 Å². The molecule has 2 rings (SSSR count). The lowest BCUT2D eigenvalue weighted by molar-refractivity contribution is -0.118. The summed E-state index contributed by atoms with van der Waals surface area (Å²) in [5.74, 6) is -2.13. The highest BCUT2D eigenvalue weighted by Crippen LogP contribution is 2.34. The third-order valence-corrected chi connectivity index (χ3v) is 8.05. The summed E-state index contributed by atoms with van der Waals surface area (Å²) in [6.07, 6.45) is -0.206. The van der Waals surface area contributed by atoms with Crippen LogP contribution in [0.3, 0.4) is 0 Å². The van der Waals surface area contributed by atoms with Crippen LogP contribution in [0.4, 0.5) is 8.78 Å². The van der Waals surface area contributed by atoms with E-state index in [2.05, 4.69) is 4.72 Å². The molecule has 166 valence electrons. The molecule has 1 aromatic carbocycles. The molecule has 0 radical (unpaired) electrons. The third kappa shape index (κ3) is 5.44. The Bertz CT molecular complexity index is 1020. The van der Waals surface area contributed by atoms with E-state index in [1.807, 2.05) is 27.7 Å². The van der Waals surface area contributed by atoms with Crippen LogP contribution in [0, 0.1) is 16.4 Å². The zero-order valence-electron chi connectivity index (χ0n) is 17.9. The van der Waals surface area contributed by atoms with Gasteiger partial charge in [0, 0.05) is 4.88 Å². The number of carbonyl (C=O) groups excluding carboxylic acids is 1. The van der Waals surface area contributed by atoms with Crippen molar-refractivity contribution in [3.8, 4) is 0 Å². The summed E-state index contributed by atoms with van der Waals surface area (Å²) in [6, 6.07) is 3.78. The summed E-state index contributed by atoms with van der Waals surface area (Å²) in [6.45, 7) is 10.4. The number of benzene rings is 1. The molecule has 0 saturated heterocycles. The van der Waals surface area contributed by atoms with Crippen LogP contribution < -0.4 is 4.72 Å². The summed E-state index contributed by atoms with van der Waals surface area (Å²) in [5, 5.41) is 10.0. The number of rotatable bonds is 7. The van der Waals surface area contributed by atoms with Gasteiger partial charge in [-0.3, -0.25) is 9.52 Å². The van der Waals surface area contributed by atoms with Gasteiger partial charge in [-0.05, 0) is 60.6 Å². The number of hydrogen-bond donors (Lipinski definition) is 3. The molecule has 0 fully saturated rings. The summed E-state index contributed by atoms with van der Waals surface area (Å²) in [5.41, 5.74) is 0.585. The van der Waals surface area contributed by atoms with Gasteiger partial charge in [0.1, 0.15) is 5.82 Å². The second kappa shape index (κ2) is 8.72. The summed E-state index contributed by atoms with van der Waals surface area (Å²) in [7, 11) is -3.97. The average molecular weight is 459 g/mol. The fourth-order valence-electron chi connectivity index (χ4n) is 3.17. The molecule has 1 atom stereocenters. The van der Waals surface area contributed by atoms with Gasteiger partial charge in [0.25, 0.3) is 0 Å². The van der Waals surface area contributed by atoms with Crippen LogP contribution >= 0.6 is 11.3 Å². The molecule has 3 N–H and O–H groups in total. The predicted octanol–water partition coefficient (Wildman–Crippen LogP) is 5.18. The second-order valence-electron chi connectivity index (χ2n) is 8.44. The fourth-order valence-corrected chi connectivity index (χ4v) is 5.62. The fraction of sp³-hybridized carbons (Fsp3) is 0.476. The minimum absolute atomic E-state index is 0.0505. The number of amides is 1. The smallest absolute Gasteiger partial charge is 0.236 e. The Balaban J connectivity index is 2.37. The zero-order valence-corrected chi connectivity index (χ0v) is 19.6. The maximum Gasteiger partial charge on any atom is 0.236 e. The Kier molecular flexibility index (Phi) is 7.10. The molecule has 5 nitrogen and oxygen atoms in total. The number of halogens is 2. The topological polar surface area (TPSA) is 90.3 Å². The van der Waals surface area contributed by atoms with Crippen LogP contribution in [-0.2, 0) is 26.7 Å². The SMILES string of the molecule is CC(C)c1cc(F)cc(C(C)C)c1CC(=O)NS(=N)(=O)c1sc(C(C)(C)O)cc1F. The molecule has 1 heterocycles. The Morgan fingerprint density at radius 1 is 1.17 bits per heavy atom. The Hall–Kier alpha value is -1.84. The van der Waals surface area contributed by atoms with E-state index in [0.717, 1.165) is 6.07 Å². The van der Waals surface area contributed by atoms with Crippen molar-refractivity contribution < 1.29 is 22.9 Å². The normalized spacial score (nSPS) is 14.2. The van der Waals surface area contributed by atoms with Crippen molar-refractivity contribution in [3.63, 3.8) is 0 Å². The zero-order chi connectivity index (χ0) is 23.0. The van der Waals surface area contributed by atoms with Gasteiger partial charge in [0.15, 0.2) is 19.9 Å². The van der Waals surface area contributed by atoms with Crippen molar-refractivity contribution in [2.24, 2.45) is 0 Å². The van der Waals surface area contributed by atoms with Crippen molar-refractivity contribution in [1.82, 2.24) is 4.72 Å². The van der Waals surface area contributed by atoms with E-state index >= 15 is 0 Å². The molecule has 30 heavy (non-hydrogen) atoms. The van der Waals surface area contributed by atoms with Crippen LogP contribution in [0.15, 0.2) is 22.4 Å². The van der Waals surface area contributed by atoms with E-state index < -0.39 is 37.3 Å². The van der Waals surface area contributed by atoms with E-state index in [-0.39, 0.29) is 23.1 Å². The maximum atomic E-state index is 14.3. The molecule has 0 aliphatic heterocycles. The monoisotopic (exact) mass is 458 g/mol. The first-order chi connectivity index (χ1) is 13.6. The van der Waals surface area contributed by atoms with Crippen molar-refractivity contribution in [2.45, 2.75) is 69.6 Å². The van der Waals surface area contributed by atoms with Crippen molar-refractivity contribution in [2.75, 3.05) is 0 Å². The van der Waals surface area contributed by atoms with Crippen LogP contribution in [0.5, 0.6) is 0 Å². The number of thiophene rings is 1. The molecule has 1 aromatic heterocycles. The molecule has 0 saturated carbocycles. The summed E-state index contributed by atoms with van der Waals surface area (Å²) < 4.78 is 50.9. The van der Waals surface area contributed by atoms with Crippen molar-refractivity contribution in [1.29, 1.82) is 4.78 Å². The van der Waals surface area contributed by atoms with Gasteiger partial charge in [-0.2, -0.15) is 0 Å². The quantitative estimate of drug-likeness (QED) is 0.534. The summed E-state index contributed by atoms with van der Waals surface area (Å²) in [4.78, 5) is 12.9. The van der Waals surface area contributed by atoms with E-state index in [9.17, 15) is 22.9 Å². The second-order valence-corrected chi connectivity index (χ2v) is 11.5. The molecule has 2 aromatic rings. The van der Waals surface area contributed by atoms with E-state index in [1.54, 1.807) is 0 Å². The number of carbonyl (C=O) groups is 1. The van der Waals surface area contributed by atoms with E-state index in [1.165, 1.54) is 26.0 Å². The van der Waals surface area contributed by atoms with E-state index in [4.69, 9.17) is 4.78 Å². The predicted molar refractivity (Wildman–Crippen MR) is 115 cm³/mol. The first kappa shape index (κ1) is 24.4. The first-order valence-corrected chi connectivity index (χ1v) is 11.9. The largest absolute Gasteiger partial charge is 0.385 e. The number of hydrogen-bond acceptors (Lipinski definition) is 5. The molecule has 0 aliphatic rings. The number of aliphatic hydroxyl groups is 1. The van der Waals surface area contributed by atoms with Crippen molar-refractivity contribution >= 4 is 27.2 Å². The maximum absolute atomic E-state index is 14.3. The first-order valence-electron chi connectivity index (χ1n) is 9.57. The lowest BCUT2D eigenvalue weighted by atomic mass is 9.87. The van der Waals surface area contributed by atoms with Gasteiger partial charge < -0.3 is 5.11 Å². The van der Waals surface area contributed by atoms with Gasteiger partial charge in [0.2, 0.25) is 5.91 Å². The highest BCUT2D eigenvalue weighted by atomic mass is 32.2. The number of nitrogens with one attached hydrogen (secondary N) is 2. The molecular weight excluding hydrogens is 430 g/mol. The molecule has 0 aliphatic carbocycles. The van der Waals surface area contributed by atoms with Gasteiger partial charge in [-0.25, -0.2) is 17.8 Å². The van der Waals surface area contributed by atoms with Gasteiger partial charge in [-0.1, -0.05) is 27.7 Å². The standard InChI is InChI=1S/C21H28F2N2O3S2/c1-11(2)14-7-13(22)8-15(12(3)4)16(14)9-19(26)25-30(24,28)20-17(23)10-18(29-20)21(5,6)27/h7-8,10-12,27H,9H2,1-6H3,(H2,24,25,26,28). The minimum atomic E-state index is -3.97. The summed E-state index contributed by atoms with van der Waals surface area (Å²) >= 11 is 0.687. The molecule has 0 bridgehead atoms. The highest BCUT2D eigenvalue weighted by Gasteiger charge is 2.28. The lowest BCUT2D eigenvalue weighted by Crippen LogP contribution is -2.31. The molecule has 0 spiro atoms. The lowest BCUT2D eigenvalue weighted by Gasteiger charge is -2.20. The molecule has 1 unspecified atom stereocenters. The van der Waals surface area contributed by atoms with Crippen LogP contribution in [-0.4, -0.2) is 15.2 Å². The average Bonchev–Trinajstić information content (AvgIpc) is 2.98.